The number of ether oxygens (including phenoxy) is 1. The summed E-state index contributed by atoms with van der Waals surface area (Å²) in [7, 11) is 1.54. The number of methoxy groups -OCH3 is 1. The van der Waals surface area contributed by atoms with Gasteiger partial charge in [-0.25, -0.2) is 4.98 Å². The van der Waals surface area contributed by atoms with Gasteiger partial charge in [0.25, 0.3) is 5.91 Å². The number of pyridine rings is 1. The minimum atomic E-state index is -0.764. The van der Waals surface area contributed by atoms with Gasteiger partial charge in [0.1, 0.15) is 0 Å². The minimum absolute atomic E-state index is 0.0551. The zero-order chi connectivity index (χ0) is 11.3. The number of rotatable bonds is 4. The molecule has 0 saturated carbocycles. The van der Waals surface area contributed by atoms with E-state index in [0.717, 1.165) is 0 Å². The third kappa shape index (κ3) is 3.28. The summed E-state index contributed by atoms with van der Waals surface area (Å²) in [4.78, 5) is 14.9. The van der Waals surface area contributed by atoms with Gasteiger partial charge in [0.15, 0.2) is 0 Å². The molecule has 0 aliphatic rings. The van der Waals surface area contributed by atoms with Crippen molar-refractivity contribution in [3.63, 3.8) is 0 Å². The van der Waals surface area contributed by atoms with E-state index in [1.807, 2.05) is 0 Å². The van der Waals surface area contributed by atoms with Crippen molar-refractivity contribution < 1.29 is 13.9 Å². The second kappa shape index (κ2) is 5.41. The molecular weight excluding hydrogens is 199 g/mol. The summed E-state index contributed by atoms with van der Waals surface area (Å²) in [6, 6.07) is 2.73. The van der Waals surface area contributed by atoms with Crippen LogP contribution < -0.4 is 5.32 Å². The fraction of sp³-hybridized carbons (Fsp3) is 0.400. The highest BCUT2D eigenvalue weighted by Crippen LogP contribution is 2.03. The average Bonchev–Trinajstić information content (AvgIpc) is 2.18. The normalized spacial score (nSPS) is 12.2. The van der Waals surface area contributed by atoms with E-state index in [-0.39, 0.29) is 11.6 Å². The Morgan fingerprint density at radius 1 is 1.73 bits per heavy atom. The minimum Gasteiger partial charge on any atom is -0.383 e. The fourth-order valence-electron chi connectivity index (χ4n) is 1.15. The van der Waals surface area contributed by atoms with Crippen LogP contribution in [0.1, 0.15) is 17.3 Å². The number of nitrogens with zero attached hydrogens (tertiary/aromatic N) is 1. The number of carbonyl (C=O) groups excluding carboxylic acids is 1. The van der Waals surface area contributed by atoms with Crippen LogP contribution >= 0.6 is 0 Å². The van der Waals surface area contributed by atoms with Crippen molar-refractivity contribution >= 4 is 5.91 Å². The summed E-state index contributed by atoms with van der Waals surface area (Å²) in [5.74, 6) is -1.25. The Labute approximate surface area is 87.5 Å². The van der Waals surface area contributed by atoms with Crippen LogP contribution in [0.25, 0.3) is 0 Å². The molecule has 0 saturated heterocycles. The Morgan fingerprint density at radius 3 is 3.07 bits per heavy atom. The van der Waals surface area contributed by atoms with E-state index in [1.54, 1.807) is 6.92 Å². The summed E-state index contributed by atoms with van der Waals surface area (Å²) >= 11 is 0. The lowest BCUT2D eigenvalue weighted by atomic mass is 10.2. The van der Waals surface area contributed by atoms with Crippen LogP contribution in [0.15, 0.2) is 18.3 Å². The Hall–Kier alpha value is -1.49. The lowest BCUT2D eigenvalue weighted by molar-refractivity contribution is 0.0900. The third-order valence-corrected chi connectivity index (χ3v) is 1.80. The topological polar surface area (TPSA) is 51.2 Å². The molecule has 1 amide bonds. The predicted octanol–water partition coefficient (Wildman–Crippen LogP) is 0.985. The van der Waals surface area contributed by atoms with Gasteiger partial charge in [0.2, 0.25) is 5.95 Å². The first-order chi connectivity index (χ1) is 7.15. The van der Waals surface area contributed by atoms with Crippen LogP contribution in [0.2, 0.25) is 0 Å². The van der Waals surface area contributed by atoms with Crippen molar-refractivity contribution in [2.75, 3.05) is 13.7 Å². The number of hydrogen-bond acceptors (Lipinski definition) is 3. The van der Waals surface area contributed by atoms with Crippen LogP contribution in [0.4, 0.5) is 4.39 Å². The molecule has 1 unspecified atom stereocenters. The lowest BCUT2D eigenvalue weighted by Crippen LogP contribution is -2.36. The van der Waals surface area contributed by atoms with E-state index >= 15 is 0 Å². The molecule has 0 aliphatic carbocycles. The quantitative estimate of drug-likeness (QED) is 0.757. The van der Waals surface area contributed by atoms with Crippen LogP contribution in [0, 0.1) is 5.95 Å². The second-order valence-corrected chi connectivity index (χ2v) is 3.17. The predicted molar refractivity (Wildman–Crippen MR) is 53.0 cm³/mol. The van der Waals surface area contributed by atoms with E-state index in [9.17, 15) is 9.18 Å². The van der Waals surface area contributed by atoms with E-state index in [1.165, 1.54) is 25.4 Å². The summed E-state index contributed by atoms with van der Waals surface area (Å²) < 4.78 is 17.9. The fourth-order valence-corrected chi connectivity index (χ4v) is 1.15. The molecule has 1 rings (SSSR count). The van der Waals surface area contributed by atoms with E-state index in [0.29, 0.717) is 6.61 Å². The lowest BCUT2D eigenvalue weighted by Gasteiger charge is -2.12. The third-order valence-electron chi connectivity index (χ3n) is 1.80. The SMILES string of the molecule is COCC(C)NC(=O)c1cccnc1F. The summed E-state index contributed by atoms with van der Waals surface area (Å²) in [6.07, 6.45) is 1.30. The number of amides is 1. The van der Waals surface area contributed by atoms with Crippen molar-refractivity contribution in [1.82, 2.24) is 10.3 Å². The Bertz CT molecular complexity index is 344. The highest BCUT2D eigenvalue weighted by molar-refractivity contribution is 5.94. The van der Waals surface area contributed by atoms with E-state index in [4.69, 9.17) is 4.74 Å². The van der Waals surface area contributed by atoms with Crippen molar-refractivity contribution in [3.8, 4) is 0 Å². The highest BCUT2D eigenvalue weighted by atomic mass is 19.1. The number of halogens is 1. The maximum atomic E-state index is 13.1. The first kappa shape index (κ1) is 11.6. The first-order valence-electron chi connectivity index (χ1n) is 4.55. The number of carbonyl (C=O) groups is 1. The molecule has 1 aromatic rings. The molecule has 0 aliphatic heterocycles. The highest BCUT2D eigenvalue weighted by Gasteiger charge is 2.13. The standard InChI is InChI=1S/C10H13FN2O2/c1-7(6-15-2)13-10(14)8-4-3-5-12-9(8)11/h3-5,7H,6H2,1-2H3,(H,13,14). The van der Waals surface area contributed by atoms with Crippen LogP contribution in [0.3, 0.4) is 0 Å². The van der Waals surface area contributed by atoms with Crippen LogP contribution in [0.5, 0.6) is 0 Å². The first-order valence-corrected chi connectivity index (χ1v) is 4.55. The van der Waals surface area contributed by atoms with Gasteiger partial charge >= 0.3 is 0 Å². The maximum absolute atomic E-state index is 13.1. The van der Waals surface area contributed by atoms with Gasteiger partial charge in [0.05, 0.1) is 12.2 Å². The molecule has 0 aromatic carbocycles. The maximum Gasteiger partial charge on any atom is 0.256 e. The number of hydrogen-bond donors (Lipinski definition) is 1. The molecule has 1 heterocycles. The van der Waals surface area contributed by atoms with E-state index in [2.05, 4.69) is 10.3 Å². The zero-order valence-corrected chi connectivity index (χ0v) is 8.66. The van der Waals surface area contributed by atoms with Crippen LogP contribution in [-0.4, -0.2) is 30.6 Å². The second-order valence-electron chi connectivity index (χ2n) is 3.17. The van der Waals surface area contributed by atoms with Gasteiger partial charge in [0, 0.05) is 19.3 Å². The zero-order valence-electron chi connectivity index (χ0n) is 8.66. The summed E-state index contributed by atoms with van der Waals surface area (Å²) in [6.45, 7) is 2.16. The number of nitrogens with one attached hydrogen (secondary N) is 1. The van der Waals surface area contributed by atoms with Crippen molar-refractivity contribution in [3.05, 3.63) is 29.8 Å². The Kier molecular flexibility index (Phi) is 4.17. The molecule has 5 heteroatoms. The molecule has 0 bridgehead atoms. The van der Waals surface area contributed by atoms with Crippen molar-refractivity contribution in [2.45, 2.75) is 13.0 Å². The van der Waals surface area contributed by atoms with Gasteiger partial charge in [-0.15, -0.1) is 0 Å². The summed E-state index contributed by atoms with van der Waals surface area (Å²) in [5, 5.41) is 2.59. The smallest absolute Gasteiger partial charge is 0.256 e. The van der Waals surface area contributed by atoms with Crippen molar-refractivity contribution in [1.29, 1.82) is 0 Å². The van der Waals surface area contributed by atoms with Gasteiger partial charge in [-0.3, -0.25) is 4.79 Å². The van der Waals surface area contributed by atoms with Gasteiger partial charge in [-0.2, -0.15) is 4.39 Å². The molecule has 1 atom stereocenters. The molecule has 0 fully saturated rings. The monoisotopic (exact) mass is 212 g/mol. The molecule has 82 valence electrons. The molecule has 15 heavy (non-hydrogen) atoms. The van der Waals surface area contributed by atoms with Gasteiger partial charge in [-0.05, 0) is 19.1 Å². The molecule has 0 radical (unpaired) electrons. The van der Waals surface area contributed by atoms with Gasteiger partial charge < -0.3 is 10.1 Å². The largest absolute Gasteiger partial charge is 0.383 e. The molecule has 4 nitrogen and oxygen atoms in total. The van der Waals surface area contributed by atoms with Crippen molar-refractivity contribution in [2.24, 2.45) is 0 Å². The Balaban J connectivity index is 2.65. The molecular formula is C10H13FN2O2. The van der Waals surface area contributed by atoms with E-state index < -0.39 is 11.9 Å². The molecule has 0 spiro atoms. The number of aromatic nitrogens is 1. The molecule has 1 N–H and O–H groups in total. The van der Waals surface area contributed by atoms with Gasteiger partial charge in [-0.1, -0.05) is 0 Å². The average molecular weight is 212 g/mol. The molecule has 1 aromatic heterocycles. The summed E-state index contributed by atoms with van der Waals surface area (Å²) in [5.41, 5.74) is -0.0551. The Morgan fingerprint density at radius 2 is 2.47 bits per heavy atom. The van der Waals surface area contributed by atoms with Crippen LogP contribution in [-0.2, 0) is 4.74 Å².